The van der Waals surface area contributed by atoms with Gasteiger partial charge < -0.3 is 4.74 Å². The summed E-state index contributed by atoms with van der Waals surface area (Å²) >= 11 is 0. The molecule has 2 atom stereocenters. The number of aromatic amines is 1. The average Bonchev–Trinajstić information content (AvgIpc) is 3.24. The SMILES string of the molecule is CO[C@H]1CN(C2CCN(Cc3cn[nH]c3-c3ccccc3)CC2)[C@H]1c1ccncc1. The average molecular weight is 404 g/mol. The molecule has 2 fully saturated rings. The molecule has 0 saturated carbocycles. The monoisotopic (exact) mass is 403 g/mol. The molecule has 4 heterocycles. The first-order chi connectivity index (χ1) is 14.8. The maximum atomic E-state index is 5.74. The van der Waals surface area contributed by atoms with Crippen LogP contribution < -0.4 is 0 Å². The van der Waals surface area contributed by atoms with Gasteiger partial charge in [0.1, 0.15) is 0 Å². The van der Waals surface area contributed by atoms with E-state index in [0.29, 0.717) is 12.1 Å². The van der Waals surface area contributed by atoms with Crippen molar-refractivity contribution in [2.45, 2.75) is 37.6 Å². The van der Waals surface area contributed by atoms with Crippen molar-refractivity contribution in [2.24, 2.45) is 0 Å². The van der Waals surface area contributed by atoms with Gasteiger partial charge in [-0.3, -0.25) is 19.9 Å². The number of hydrogen-bond acceptors (Lipinski definition) is 5. The summed E-state index contributed by atoms with van der Waals surface area (Å²) in [5.74, 6) is 0. The number of ether oxygens (including phenoxy) is 1. The molecular formula is C24H29N5O. The van der Waals surface area contributed by atoms with Gasteiger partial charge in [-0.05, 0) is 49.2 Å². The molecule has 2 saturated heterocycles. The van der Waals surface area contributed by atoms with Gasteiger partial charge in [-0.1, -0.05) is 30.3 Å². The van der Waals surface area contributed by atoms with Gasteiger partial charge in [0.05, 0.1) is 24.0 Å². The molecule has 1 aromatic carbocycles. The normalized spacial score (nSPS) is 23.4. The zero-order valence-electron chi connectivity index (χ0n) is 17.4. The Balaban J connectivity index is 1.21. The van der Waals surface area contributed by atoms with Crippen LogP contribution in [0.3, 0.4) is 0 Å². The molecule has 2 aromatic heterocycles. The van der Waals surface area contributed by atoms with E-state index in [2.05, 4.69) is 61.4 Å². The Kier molecular flexibility index (Phi) is 5.62. The Hall–Kier alpha value is -2.54. The predicted octanol–water partition coefficient (Wildman–Crippen LogP) is 3.51. The van der Waals surface area contributed by atoms with Crippen LogP contribution in [0.25, 0.3) is 11.3 Å². The number of methoxy groups -OCH3 is 1. The second-order valence-electron chi connectivity index (χ2n) is 8.34. The molecule has 0 unspecified atom stereocenters. The minimum absolute atomic E-state index is 0.282. The number of hydrogen-bond donors (Lipinski definition) is 1. The zero-order chi connectivity index (χ0) is 20.3. The van der Waals surface area contributed by atoms with Crippen LogP contribution in [-0.4, -0.2) is 63.9 Å². The van der Waals surface area contributed by atoms with Gasteiger partial charge in [0.25, 0.3) is 0 Å². The van der Waals surface area contributed by atoms with E-state index in [9.17, 15) is 0 Å². The number of nitrogens with zero attached hydrogens (tertiary/aromatic N) is 4. The highest BCUT2D eigenvalue weighted by Crippen LogP contribution is 2.39. The zero-order valence-corrected chi connectivity index (χ0v) is 17.4. The van der Waals surface area contributed by atoms with Gasteiger partial charge in [-0.25, -0.2) is 0 Å². The maximum absolute atomic E-state index is 5.74. The van der Waals surface area contributed by atoms with E-state index in [1.807, 2.05) is 31.8 Å². The largest absolute Gasteiger partial charge is 0.378 e. The number of pyridine rings is 1. The van der Waals surface area contributed by atoms with Crippen LogP contribution in [0.15, 0.2) is 61.1 Å². The molecule has 30 heavy (non-hydrogen) atoms. The van der Waals surface area contributed by atoms with Crippen LogP contribution in [0, 0.1) is 0 Å². The Morgan fingerprint density at radius 1 is 1.07 bits per heavy atom. The summed E-state index contributed by atoms with van der Waals surface area (Å²) in [5, 5.41) is 7.50. The second kappa shape index (κ2) is 8.68. The summed E-state index contributed by atoms with van der Waals surface area (Å²) in [4.78, 5) is 9.37. The van der Waals surface area contributed by atoms with E-state index in [4.69, 9.17) is 4.74 Å². The quantitative estimate of drug-likeness (QED) is 0.683. The van der Waals surface area contributed by atoms with Gasteiger partial charge in [0.2, 0.25) is 0 Å². The summed E-state index contributed by atoms with van der Waals surface area (Å²) in [5.41, 5.74) is 4.93. The van der Waals surface area contributed by atoms with E-state index in [1.165, 1.54) is 29.5 Å². The van der Waals surface area contributed by atoms with Crippen molar-refractivity contribution in [3.05, 3.63) is 72.2 Å². The fourth-order valence-electron chi connectivity index (χ4n) is 4.98. The molecule has 1 N–H and O–H groups in total. The summed E-state index contributed by atoms with van der Waals surface area (Å²) in [6.07, 6.45) is 8.41. The Morgan fingerprint density at radius 3 is 2.57 bits per heavy atom. The number of likely N-dealkylation sites (tertiary alicyclic amines) is 2. The Bertz CT molecular complexity index is 936. The highest BCUT2D eigenvalue weighted by molar-refractivity contribution is 5.62. The molecule has 6 heteroatoms. The fraction of sp³-hybridized carbons (Fsp3) is 0.417. The number of H-pyrrole nitrogens is 1. The summed E-state index contributed by atoms with van der Waals surface area (Å²) < 4.78 is 5.74. The molecule has 2 aliphatic rings. The predicted molar refractivity (Wildman–Crippen MR) is 117 cm³/mol. The first-order valence-corrected chi connectivity index (χ1v) is 10.8. The molecule has 2 aliphatic heterocycles. The van der Waals surface area contributed by atoms with E-state index >= 15 is 0 Å². The summed E-state index contributed by atoms with van der Waals surface area (Å²) in [6.45, 7) is 4.19. The smallest absolute Gasteiger partial charge is 0.0895 e. The van der Waals surface area contributed by atoms with Crippen molar-refractivity contribution in [3.8, 4) is 11.3 Å². The topological polar surface area (TPSA) is 57.3 Å². The van der Waals surface area contributed by atoms with Gasteiger partial charge in [-0.15, -0.1) is 0 Å². The molecule has 0 bridgehead atoms. The van der Waals surface area contributed by atoms with Crippen molar-refractivity contribution in [1.82, 2.24) is 25.0 Å². The Morgan fingerprint density at radius 2 is 1.83 bits per heavy atom. The van der Waals surface area contributed by atoms with E-state index in [-0.39, 0.29) is 6.10 Å². The molecule has 156 valence electrons. The highest BCUT2D eigenvalue weighted by atomic mass is 16.5. The molecular weight excluding hydrogens is 374 g/mol. The number of rotatable bonds is 6. The molecule has 0 radical (unpaired) electrons. The number of benzene rings is 1. The minimum atomic E-state index is 0.282. The Labute approximate surface area is 177 Å². The van der Waals surface area contributed by atoms with Crippen molar-refractivity contribution in [3.63, 3.8) is 0 Å². The van der Waals surface area contributed by atoms with Crippen LogP contribution >= 0.6 is 0 Å². The van der Waals surface area contributed by atoms with Crippen molar-refractivity contribution < 1.29 is 4.74 Å². The molecule has 6 nitrogen and oxygen atoms in total. The lowest BCUT2D eigenvalue weighted by atomic mass is 9.87. The van der Waals surface area contributed by atoms with Gasteiger partial charge >= 0.3 is 0 Å². The van der Waals surface area contributed by atoms with E-state index in [1.54, 1.807) is 0 Å². The highest BCUT2D eigenvalue weighted by Gasteiger charge is 2.44. The molecule has 0 spiro atoms. The molecule has 3 aromatic rings. The minimum Gasteiger partial charge on any atom is -0.378 e. The third-order valence-corrected chi connectivity index (χ3v) is 6.65. The van der Waals surface area contributed by atoms with Gasteiger partial charge in [-0.2, -0.15) is 5.10 Å². The summed E-state index contributed by atoms with van der Waals surface area (Å²) in [7, 11) is 1.83. The lowest BCUT2D eigenvalue weighted by Gasteiger charge is -2.53. The third-order valence-electron chi connectivity index (χ3n) is 6.65. The lowest BCUT2D eigenvalue weighted by Crippen LogP contribution is -2.60. The lowest BCUT2D eigenvalue weighted by molar-refractivity contribution is -0.116. The van der Waals surface area contributed by atoms with Crippen molar-refractivity contribution in [2.75, 3.05) is 26.7 Å². The number of piperidine rings is 1. The van der Waals surface area contributed by atoms with Gasteiger partial charge in [0.15, 0.2) is 0 Å². The van der Waals surface area contributed by atoms with Crippen LogP contribution in [0.5, 0.6) is 0 Å². The fourth-order valence-corrected chi connectivity index (χ4v) is 4.98. The van der Waals surface area contributed by atoms with Crippen LogP contribution in [0.4, 0.5) is 0 Å². The first-order valence-electron chi connectivity index (χ1n) is 10.8. The second-order valence-corrected chi connectivity index (χ2v) is 8.34. The van der Waals surface area contributed by atoms with E-state index < -0.39 is 0 Å². The molecule has 0 aliphatic carbocycles. The first kappa shape index (κ1) is 19.4. The van der Waals surface area contributed by atoms with Crippen LogP contribution in [-0.2, 0) is 11.3 Å². The number of aromatic nitrogens is 3. The van der Waals surface area contributed by atoms with Gasteiger partial charge in [0, 0.05) is 44.2 Å². The third kappa shape index (κ3) is 3.78. The molecule has 5 rings (SSSR count). The van der Waals surface area contributed by atoms with Crippen molar-refractivity contribution >= 4 is 0 Å². The molecule has 0 amide bonds. The summed E-state index contributed by atoms with van der Waals surface area (Å²) in [6, 6.07) is 15.7. The van der Waals surface area contributed by atoms with E-state index in [0.717, 1.165) is 31.9 Å². The van der Waals surface area contributed by atoms with Crippen molar-refractivity contribution in [1.29, 1.82) is 0 Å². The van der Waals surface area contributed by atoms with Crippen LogP contribution in [0.2, 0.25) is 0 Å². The standard InChI is InChI=1S/C24H29N5O/c1-30-22-17-29(24(22)19-7-11-25-12-8-19)21-9-13-28(14-10-21)16-20-15-26-27-23(20)18-5-3-2-4-6-18/h2-8,11-12,15,21-22,24H,9-10,13-14,16-17H2,1H3,(H,26,27)/t22-,24-/m0/s1. The van der Waals surface area contributed by atoms with Crippen LogP contribution in [0.1, 0.15) is 30.0 Å². The maximum Gasteiger partial charge on any atom is 0.0895 e. The number of nitrogens with one attached hydrogen (secondary N) is 1.